The third-order valence-corrected chi connectivity index (χ3v) is 6.95. The van der Waals surface area contributed by atoms with Gasteiger partial charge in [0.2, 0.25) is 0 Å². The van der Waals surface area contributed by atoms with Gasteiger partial charge in [-0.25, -0.2) is 9.79 Å². The van der Waals surface area contributed by atoms with E-state index in [-0.39, 0.29) is 17.7 Å². The summed E-state index contributed by atoms with van der Waals surface area (Å²) in [5.74, 6) is 1.38. The second-order valence-electron chi connectivity index (χ2n) is 7.97. The summed E-state index contributed by atoms with van der Waals surface area (Å²) in [6, 6.07) is 9.92. The van der Waals surface area contributed by atoms with Crippen molar-refractivity contribution in [3.8, 4) is 23.0 Å². The average Bonchev–Trinajstić information content (AvgIpc) is 3.21. The van der Waals surface area contributed by atoms with E-state index in [9.17, 15) is 9.59 Å². The van der Waals surface area contributed by atoms with Crippen molar-refractivity contribution >= 4 is 23.4 Å². The van der Waals surface area contributed by atoms with Crippen molar-refractivity contribution in [1.82, 2.24) is 4.57 Å². The van der Waals surface area contributed by atoms with Crippen LogP contribution in [0, 0.1) is 0 Å². The lowest BCUT2D eigenvalue weighted by Crippen LogP contribution is -2.40. The van der Waals surface area contributed by atoms with Crippen LogP contribution < -0.4 is 33.8 Å². The van der Waals surface area contributed by atoms with E-state index in [1.807, 2.05) is 12.1 Å². The molecule has 2 heterocycles. The zero-order valence-electron chi connectivity index (χ0n) is 21.5. The summed E-state index contributed by atoms with van der Waals surface area (Å²) < 4.78 is 29.4. The molecule has 1 aromatic heterocycles. The summed E-state index contributed by atoms with van der Waals surface area (Å²) in [7, 11) is 6.14. The Morgan fingerprint density at radius 3 is 2.27 bits per heavy atom. The molecule has 4 rings (SSSR count). The van der Waals surface area contributed by atoms with E-state index in [0.29, 0.717) is 49.2 Å². The fraction of sp³-hybridized carbons (Fsp3) is 0.296. The van der Waals surface area contributed by atoms with Crippen LogP contribution in [0.1, 0.15) is 31.0 Å². The van der Waals surface area contributed by atoms with Crippen molar-refractivity contribution in [3.63, 3.8) is 0 Å². The summed E-state index contributed by atoms with van der Waals surface area (Å²) in [6.07, 6.45) is 1.73. The summed E-state index contributed by atoms with van der Waals surface area (Å²) >= 11 is 1.22. The number of nitrogens with zero attached hydrogens (tertiary/aromatic N) is 2. The van der Waals surface area contributed by atoms with Gasteiger partial charge < -0.3 is 23.7 Å². The lowest BCUT2D eigenvalue weighted by atomic mass is 9.94. The van der Waals surface area contributed by atoms with E-state index >= 15 is 0 Å². The number of rotatable bonds is 8. The van der Waals surface area contributed by atoms with Crippen LogP contribution in [-0.2, 0) is 9.53 Å². The van der Waals surface area contributed by atoms with Gasteiger partial charge in [0.25, 0.3) is 5.56 Å². The molecule has 0 amide bonds. The maximum absolute atomic E-state index is 13.9. The van der Waals surface area contributed by atoms with Crippen LogP contribution in [0.5, 0.6) is 23.0 Å². The van der Waals surface area contributed by atoms with Gasteiger partial charge in [0, 0.05) is 11.1 Å². The largest absolute Gasteiger partial charge is 0.493 e. The molecule has 1 aliphatic heterocycles. The SMILES string of the molecule is CCOC(=O)C1=C(C)N=c2sc(=Cc3cccc(OC)c3OC)c(=O)n2C1c1cccc(OC)c1OC. The minimum Gasteiger partial charge on any atom is -0.493 e. The number of hydrogen-bond acceptors (Lipinski definition) is 9. The smallest absolute Gasteiger partial charge is 0.338 e. The third-order valence-electron chi connectivity index (χ3n) is 5.97. The maximum atomic E-state index is 13.9. The molecule has 1 atom stereocenters. The number of fused-ring (bicyclic) bond motifs is 1. The molecule has 9 nitrogen and oxygen atoms in total. The quantitative estimate of drug-likeness (QED) is 0.418. The molecule has 0 spiro atoms. The first-order valence-corrected chi connectivity index (χ1v) is 12.3. The lowest BCUT2D eigenvalue weighted by molar-refractivity contribution is -0.139. The van der Waals surface area contributed by atoms with Crippen LogP contribution in [0.2, 0.25) is 0 Å². The van der Waals surface area contributed by atoms with E-state index < -0.39 is 12.0 Å². The number of carbonyl (C=O) groups excluding carboxylic acids is 1. The zero-order valence-corrected chi connectivity index (χ0v) is 22.3. The van der Waals surface area contributed by atoms with Crippen LogP contribution in [-0.4, -0.2) is 45.6 Å². The molecule has 1 aliphatic rings. The predicted octanol–water partition coefficient (Wildman–Crippen LogP) is 2.83. The predicted molar refractivity (Wildman–Crippen MR) is 139 cm³/mol. The van der Waals surface area contributed by atoms with E-state index in [0.717, 1.165) is 0 Å². The molecular formula is C27H28N2O7S. The number of benzene rings is 2. The molecule has 194 valence electrons. The van der Waals surface area contributed by atoms with E-state index in [2.05, 4.69) is 4.99 Å². The van der Waals surface area contributed by atoms with Crippen molar-refractivity contribution < 1.29 is 28.5 Å². The van der Waals surface area contributed by atoms with Gasteiger partial charge in [0.05, 0.1) is 50.8 Å². The summed E-state index contributed by atoms with van der Waals surface area (Å²) in [5, 5.41) is 0. The van der Waals surface area contributed by atoms with Gasteiger partial charge in [-0.15, -0.1) is 0 Å². The highest BCUT2D eigenvalue weighted by molar-refractivity contribution is 7.07. The van der Waals surface area contributed by atoms with Crippen LogP contribution in [0.25, 0.3) is 6.08 Å². The highest BCUT2D eigenvalue weighted by atomic mass is 32.1. The second-order valence-corrected chi connectivity index (χ2v) is 8.98. The van der Waals surface area contributed by atoms with Crippen molar-refractivity contribution in [2.24, 2.45) is 4.99 Å². The van der Waals surface area contributed by atoms with Gasteiger partial charge in [-0.2, -0.15) is 0 Å². The number of allylic oxidation sites excluding steroid dienone is 1. The minimum atomic E-state index is -0.838. The van der Waals surface area contributed by atoms with Crippen molar-refractivity contribution in [2.45, 2.75) is 19.9 Å². The number of methoxy groups -OCH3 is 4. The summed E-state index contributed by atoms with van der Waals surface area (Å²) in [4.78, 5) is 32.1. The molecule has 0 aliphatic carbocycles. The number of hydrogen-bond donors (Lipinski definition) is 0. The van der Waals surface area contributed by atoms with Gasteiger partial charge in [0.1, 0.15) is 6.04 Å². The Balaban J connectivity index is 2.03. The molecule has 0 bridgehead atoms. The molecule has 0 saturated heterocycles. The number of para-hydroxylation sites is 2. The second kappa shape index (κ2) is 10.9. The van der Waals surface area contributed by atoms with Gasteiger partial charge in [-0.05, 0) is 32.1 Å². The Kier molecular flexibility index (Phi) is 7.68. The Bertz CT molecular complexity index is 1550. The topological polar surface area (TPSA) is 97.6 Å². The van der Waals surface area contributed by atoms with E-state index in [1.54, 1.807) is 58.4 Å². The molecule has 2 aromatic carbocycles. The zero-order chi connectivity index (χ0) is 26.7. The number of thiazole rings is 1. The van der Waals surface area contributed by atoms with E-state index in [1.165, 1.54) is 30.1 Å². The first kappa shape index (κ1) is 26.0. The first-order valence-electron chi connectivity index (χ1n) is 11.5. The van der Waals surface area contributed by atoms with Crippen molar-refractivity contribution in [2.75, 3.05) is 35.0 Å². The third kappa shape index (κ3) is 4.60. The number of esters is 1. The number of aromatic nitrogens is 1. The van der Waals surface area contributed by atoms with Gasteiger partial charge >= 0.3 is 5.97 Å². The Morgan fingerprint density at radius 1 is 1.00 bits per heavy atom. The highest BCUT2D eigenvalue weighted by Crippen LogP contribution is 2.40. The van der Waals surface area contributed by atoms with Gasteiger partial charge in [-0.1, -0.05) is 35.6 Å². The fourth-order valence-corrected chi connectivity index (χ4v) is 5.42. The minimum absolute atomic E-state index is 0.178. The summed E-state index contributed by atoms with van der Waals surface area (Å²) in [5.41, 5.74) is 1.64. The van der Waals surface area contributed by atoms with Crippen LogP contribution in [0.3, 0.4) is 0 Å². The Labute approximate surface area is 217 Å². The normalized spacial score (nSPS) is 15.1. The molecule has 3 aromatic rings. The molecule has 0 N–H and O–H groups in total. The van der Waals surface area contributed by atoms with Gasteiger partial charge in [0.15, 0.2) is 27.8 Å². The maximum Gasteiger partial charge on any atom is 0.338 e. The van der Waals surface area contributed by atoms with Gasteiger partial charge in [-0.3, -0.25) is 9.36 Å². The molecule has 0 saturated carbocycles. The molecule has 0 fully saturated rings. The van der Waals surface area contributed by atoms with Crippen molar-refractivity contribution in [3.05, 3.63) is 78.5 Å². The summed E-state index contributed by atoms with van der Waals surface area (Å²) in [6.45, 7) is 3.64. The number of ether oxygens (including phenoxy) is 5. The molecule has 0 radical (unpaired) electrons. The molecule has 37 heavy (non-hydrogen) atoms. The Hall–Kier alpha value is -4.05. The molecule has 10 heteroatoms. The molecular weight excluding hydrogens is 496 g/mol. The average molecular weight is 525 g/mol. The monoisotopic (exact) mass is 524 g/mol. The number of carbonyl (C=O) groups is 1. The van der Waals surface area contributed by atoms with Crippen molar-refractivity contribution in [1.29, 1.82) is 0 Å². The van der Waals surface area contributed by atoms with E-state index in [4.69, 9.17) is 23.7 Å². The molecule has 1 unspecified atom stereocenters. The standard InChI is InChI=1S/C27H28N2O7S/c1-7-36-26(31)21-15(2)28-27-29(22(21)17-11-9-13-19(33-4)24(17)35-6)25(30)20(37-27)14-16-10-8-12-18(32-3)23(16)34-5/h8-14,22H,7H2,1-6H3. The fourth-order valence-electron chi connectivity index (χ4n) is 4.38. The van der Waals surface area contributed by atoms with Crippen LogP contribution in [0.15, 0.2) is 57.5 Å². The van der Waals surface area contributed by atoms with Crippen LogP contribution >= 0.6 is 11.3 Å². The van der Waals surface area contributed by atoms with Crippen LogP contribution in [0.4, 0.5) is 0 Å². The Morgan fingerprint density at radius 2 is 1.65 bits per heavy atom. The lowest BCUT2D eigenvalue weighted by Gasteiger charge is -2.26. The first-order chi connectivity index (χ1) is 17.9. The highest BCUT2D eigenvalue weighted by Gasteiger charge is 2.35.